The largest absolute Gasteiger partial charge is 0.369 e. The van der Waals surface area contributed by atoms with E-state index in [-0.39, 0.29) is 29.6 Å². The highest BCUT2D eigenvalue weighted by molar-refractivity contribution is 9.10. The molecule has 7 nitrogen and oxygen atoms in total. The van der Waals surface area contributed by atoms with E-state index in [0.29, 0.717) is 21.3 Å². The molecule has 2 fully saturated rings. The average Bonchev–Trinajstić information content (AvgIpc) is 3.50. The molecule has 1 aliphatic carbocycles. The van der Waals surface area contributed by atoms with Gasteiger partial charge >= 0.3 is 0 Å². The van der Waals surface area contributed by atoms with Crippen LogP contribution in [0.25, 0.3) is 27.7 Å². The molecule has 0 N–H and O–H groups in total. The quantitative estimate of drug-likeness (QED) is 0.297. The average molecular weight is 557 g/mol. The maximum absolute atomic E-state index is 15.8. The summed E-state index contributed by atoms with van der Waals surface area (Å²) in [6.07, 6.45) is 5.83. The predicted molar refractivity (Wildman–Crippen MR) is 142 cm³/mol. The van der Waals surface area contributed by atoms with Crippen molar-refractivity contribution in [2.45, 2.75) is 50.9 Å². The zero-order valence-electron chi connectivity index (χ0n) is 20.5. The van der Waals surface area contributed by atoms with Gasteiger partial charge < -0.3 is 18.9 Å². The smallest absolute Gasteiger partial charge is 0.283 e. The van der Waals surface area contributed by atoms with E-state index in [1.807, 2.05) is 28.7 Å². The topological polar surface area (TPSA) is 61.0 Å². The van der Waals surface area contributed by atoms with Gasteiger partial charge in [-0.2, -0.15) is 4.98 Å². The lowest BCUT2D eigenvalue weighted by Gasteiger charge is -2.36. The highest BCUT2D eigenvalue weighted by Gasteiger charge is 2.30. The zero-order valence-corrected chi connectivity index (χ0v) is 22.1. The van der Waals surface area contributed by atoms with Crippen molar-refractivity contribution in [1.29, 1.82) is 0 Å². The van der Waals surface area contributed by atoms with E-state index in [1.165, 1.54) is 0 Å². The van der Waals surface area contributed by atoms with Gasteiger partial charge in [-0.15, -0.1) is 0 Å². The lowest BCUT2D eigenvalue weighted by atomic mass is 9.95. The van der Waals surface area contributed by atoms with E-state index in [4.69, 9.17) is 9.47 Å². The first kappa shape index (κ1) is 23.9. The van der Waals surface area contributed by atoms with E-state index in [9.17, 15) is 4.79 Å². The van der Waals surface area contributed by atoms with Crippen molar-refractivity contribution in [3.63, 3.8) is 0 Å². The van der Waals surface area contributed by atoms with E-state index in [0.717, 1.165) is 68.2 Å². The van der Waals surface area contributed by atoms with E-state index < -0.39 is 0 Å². The van der Waals surface area contributed by atoms with Crippen LogP contribution < -0.4 is 10.5 Å². The van der Waals surface area contributed by atoms with E-state index >= 15 is 4.39 Å². The Labute approximate surface area is 216 Å². The fourth-order valence-corrected chi connectivity index (χ4v) is 6.82. The molecule has 0 unspecified atom stereocenters. The van der Waals surface area contributed by atoms with Crippen molar-refractivity contribution >= 4 is 49.3 Å². The predicted octanol–water partition coefficient (Wildman–Crippen LogP) is 5.65. The molecule has 2 aromatic carbocycles. The number of aromatic nitrogens is 3. The van der Waals surface area contributed by atoms with E-state index in [1.54, 1.807) is 20.3 Å². The van der Waals surface area contributed by atoms with Crippen molar-refractivity contribution in [2.75, 3.05) is 32.2 Å². The summed E-state index contributed by atoms with van der Waals surface area (Å²) in [5, 5.41) is 0.512. The summed E-state index contributed by atoms with van der Waals surface area (Å²) in [4.78, 5) is 19.8. The van der Waals surface area contributed by atoms with Crippen LogP contribution in [-0.4, -0.2) is 47.6 Å². The van der Waals surface area contributed by atoms with Gasteiger partial charge in [0.15, 0.2) is 6.29 Å². The van der Waals surface area contributed by atoms with Gasteiger partial charge in [-0.25, -0.2) is 4.39 Å². The van der Waals surface area contributed by atoms with Gasteiger partial charge in [-0.1, -0.05) is 18.9 Å². The number of hydrogen-bond donors (Lipinski definition) is 0. The van der Waals surface area contributed by atoms with Crippen LogP contribution in [0, 0.1) is 11.7 Å². The molecule has 0 atom stereocenters. The number of benzene rings is 2. The Morgan fingerprint density at radius 2 is 1.75 bits per heavy atom. The Morgan fingerprint density at radius 3 is 2.44 bits per heavy atom. The number of halogens is 2. The Hall–Kier alpha value is -2.49. The Morgan fingerprint density at radius 1 is 1.03 bits per heavy atom. The highest BCUT2D eigenvalue weighted by atomic mass is 79.9. The van der Waals surface area contributed by atoms with Crippen LogP contribution >= 0.6 is 15.9 Å². The Bertz CT molecular complexity index is 1500. The normalized spacial score (nSPS) is 18.0. The molecule has 2 aromatic heterocycles. The molecule has 0 amide bonds. The molecule has 3 heterocycles. The summed E-state index contributed by atoms with van der Waals surface area (Å²) in [5.41, 5.74) is 2.73. The van der Waals surface area contributed by atoms with Gasteiger partial charge in [0.2, 0.25) is 5.78 Å². The Kier molecular flexibility index (Phi) is 6.25. The second-order valence-electron chi connectivity index (χ2n) is 9.95. The number of fused-ring (bicyclic) bond motifs is 5. The summed E-state index contributed by atoms with van der Waals surface area (Å²) in [6.45, 7) is 1.46. The number of rotatable bonds is 5. The third-order valence-corrected chi connectivity index (χ3v) is 8.69. The first-order valence-electron chi connectivity index (χ1n) is 12.7. The monoisotopic (exact) mass is 556 g/mol. The molecule has 1 aliphatic heterocycles. The van der Waals surface area contributed by atoms with Crippen LogP contribution in [0.2, 0.25) is 0 Å². The molecule has 36 heavy (non-hydrogen) atoms. The highest BCUT2D eigenvalue weighted by Crippen LogP contribution is 2.39. The molecule has 0 bridgehead atoms. The molecular formula is C27H30BrFN4O3. The van der Waals surface area contributed by atoms with Crippen LogP contribution in [0.5, 0.6) is 0 Å². The number of piperidine rings is 1. The standard InChI is InChI=1S/C27H30BrFN4O3/c1-35-26(36-2)16-10-12-31(13-11-16)21-15-23-22(14-19(21)29)33-20-9-5-8-18(28)24(20)25(34)30-27(33)32(23)17-6-3-4-7-17/h5,8-9,14-17,26H,3-4,6-7,10-13H2,1-2H3. The molecular weight excluding hydrogens is 527 g/mol. The van der Waals surface area contributed by atoms with Gasteiger partial charge in [-0.3, -0.25) is 9.20 Å². The maximum Gasteiger partial charge on any atom is 0.283 e. The third-order valence-electron chi connectivity index (χ3n) is 8.03. The number of ether oxygens (including phenoxy) is 2. The number of nitrogens with zero attached hydrogens (tertiary/aromatic N) is 4. The van der Waals surface area contributed by atoms with Crippen molar-refractivity contribution in [2.24, 2.45) is 5.92 Å². The van der Waals surface area contributed by atoms with Crippen LogP contribution in [0.4, 0.5) is 10.1 Å². The summed E-state index contributed by atoms with van der Waals surface area (Å²) in [5.74, 6) is 0.613. The van der Waals surface area contributed by atoms with Crippen molar-refractivity contribution < 1.29 is 13.9 Å². The molecule has 6 rings (SSSR count). The van der Waals surface area contributed by atoms with Gasteiger partial charge in [0.25, 0.3) is 5.56 Å². The molecule has 0 spiro atoms. The number of methoxy groups -OCH3 is 2. The van der Waals surface area contributed by atoms with Crippen molar-refractivity contribution in [1.82, 2.24) is 14.0 Å². The fourth-order valence-electron chi connectivity index (χ4n) is 6.29. The van der Waals surface area contributed by atoms with Crippen molar-refractivity contribution in [3.05, 3.63) is 51.0 Å². The summed E-state index contributed by atoms with van der Waals surface area (Å²) in [7, 11) is 3.33. The second kappa shape index (κ2) is 9.43. The van der Waals surface area contributed by atoms with Crippen LogP contribution in [0.3, 0.4) is 0 Å². The van der Waals surface area contributed by atoms with Crippen LogP contribution in [-0.2, 0) is 9.47 Å². The SMILES string of the molecule is COC(OC)C1CCN(c2cc3c(cc2F)n2c4cccc(Br)c4c(=O)nc2n3C2CCCC2)CC1. The molecule has 1 saturated heterocycles. The minimum absolute atomic E-state index is 0.235. The number of anilines is 1. The fraction of sp³-hybridized carbons (Fsp3) is 0.481. The molecule has 1 saturated carbocycles. The summed E-state index contributed by atoms with van der Waals surface area (Å²) in [6, 6.07) is 9.48. The third kappa shape index (κ3) is 3.74. The molecule has 190 valence electrons. The number of hydrogen-bond acceptors (Lipinski definition) is 5. The Balaban J connectivity index is 1.53. The minimum atomic E-state index is -0.270. The lowest BCUT2D eigenvalue weighted by Crippen LogP contribution is -2.39. The first-order chi connectivity index (χ1) is 17.5. The van der Waals surface area contributed by atoms with Crippen LogP contribution in [0.15, 0.2) is 39.6 Å². The molecule has 0 radical (unpaired) electrons. The molecule has 9 heteroatoms. The summed E-state index contributed by atoms with van der Waals surface area (Å²) < 4.78 is 31.5. The van der Waals surface area contributed by atoms with Gasteiger partial charge in [0, 0.05) is 49.8 Å². The first-order valence-corrected chi connectivity index (χ1v) is 13.5. The molecule has 4 aromatic rings. The zero-order chi connectivity index (χ0) is 25.0. The van der Waals surface area contributed by atoms with Crippen molar-refractivity contribution in [3.8, 4) is 0 Å². The van der Waals surface area contributed by atoms with Gasteiger partial charge in [-0.05, 0) is 59.8 Å². The van der Waals surface area contributed by atoms with E-state index in [2.05, 4.69) is 30.4 Å². The lowest BCUT2D eigenvalue weighted by molar-refractivity contribution is -0.141. The maximum atomic E-state index is 15.8. The van der Waals surface area contributed by atoms with Gasteiger partial charge in [0.05, 0.1) is 27.6 Å². The summed E-state index contributed by atoms with van der Waals surface area (Å²) >= 11 is 3.52. The van der Waals surface area contributed by atoms with Crippen LogP contribution in [0.1, 0.15) is 44.6 Å². The van der Waals surface area contributed by atoms with Gasteiger partial charge in [0.1, 0.15) is 5.82 Å². The minimum Gasteiger partial charge on any atom is -0.369 e. The second-order valence-corrected chi connectivity index (χ2v) is 10.8. The molecule has 2 aliphatic rings. The number of imidazole rings is 1.